The first-order chi connectivity index (χ1) is 10.2. The third-order valence-corrected chi connectivity index (χ3v) is 1.33. The number of rotatable bonds is 0. The molecule has 0 aliphatic carbocycles. The minimum absolute atomic E-state index is 0.750. The molecule has 0 heterocycles. The van der Waals surface area contributed by atoms with Crippen LogP contribution in [0.4, 0.5) is 0 Å². The van der Waals surface area contributed by atoms with Gasteiger partial charge in [0.05, 0.1) is 0 Å². The number of nitrogens with one attached hydrogen (secondary N) is 2. The van der Waals surface area contributed by atoms with Crippen LogP contribution in [-0.2, 0) is 9.59 Å². The normalized spacial score (nSPS) is 6.19. The molecule has 0 atom stereocenters. The third kappa shape index (κ3) is 47.0. The highest BCUT2D eigenvalue weighted by Gasteiger charge is 1.58. The van der Waals surface area contributed by atoms with Gasteiger partial charge in [-0.3, -0.25) is 0 Å². The van der Waals surface area contributed by atoms with E-state index in [0.717, 1.165) is 12.2 Å². The van der Waals surface area contributed by atoms with Gasteiger partial charge in [-0.05, 0) is 0 Å². The van der Waals surface area contributed by atoms with Crippen molar-refractivity contribution in [2.24, 2.45) is 0 Å². The maximum absolute atomic E-state index is 8.35. The molecule has 2 N–H and O–H groups in total. The van der Waals surface area contributed by atoms with E-state index in [1.807, 2.05) is 72.8 Å². The molecule has 0 saturated heterocycles. The van der Waals surface area contributed by atoms with Gasteiger partial charge in [0.1, 0.15) is 0 Å². The zero-order valence-electron chi connectivity index (χ0n) is 12.5. The summed E-state index contributed by atoms with van der Waals surface area (Å²) in [6.45, 7) is 4.25. The van der Waals surface area contributed by atoms with Crippen LogP contribution in [0.2, 0.25) is 0 Å². The molecule has 4 nitrogen and oxygen atoms in total. The first-order valence-corrected chi connectivity index (χ1v) is 6.32. The van der Waals surface area contributed by atoms with Crippen molar-refractivity contribution >= 4 is 12.2 Å². The third-order valence-electron chi connectivity index (χ3n) is 1.33. The van der Waals surface area contributed by atoms with E-state index >= 15 is 0 Å². The van der Waals surface area contributed by atoms with Gasteiger partial charge in [-0.2, -0.15) is 0 Å². The molecular formula is C17H22N2O2. The summed E-state index contributed by atoms with van der Waals surface area (Å²) in [7, 11) is 0. The van der Waals surface area contributed by atoms with Crippen LogP contribution in [0.5, 0.6) is 0 Å². The van der Waals surface area contributed by atoms with Crippen LogP contribution in [0, 0.1) is 10.8 Å². The average Bonchev–Trinajstić information content (AvgIpc) is 2.54. The number of hydrogen-bond acceptors (Lipinski definition) is 4. The van der Waals surface area contributed by atoms with Crippen molar-refractivity contribution in [3.8, 4) is 0 Å². The van der Waals surface area contributed by atoms with Crippen molar-refractivity contribution in [3.63, 3.8) is 0 Å². The predicted octanol–water partition coefficient (Wildman–Crippen LogP) is 4.59. The van der Waals surface area contributed by atoms with Gasteiger partial charge >= 0.3 is 0 Å². The van der Waals surface area contributed by atoms with Crippen molar-refractivity contribution < 1.29 is 9.59 Å². The smallest absolute Gasteiger partial charge is 0.222 e. The fourth-order valence-electron chi connectivity index (χ4n) is 0.770. The Morgan fingerprint density at radius 1 is 0.571 bits per heavy atom. The zero-order chi connectivity index (χ0) is 16.6. The Morgan fingerprint density at radius 2 is 0.619 bits per heavy atom. The second-order valence-corrected chi connectivity index (χ2v) is 3.22. The minimum atomic E-state index is 0.750. The molecule has 0 aromatic heterocycles. The van der Waals surface area contributed by atoms with Gasteiger partial charge in [-0.25, -0.2) is 20.4 Å². The Labute approximate surface area is 126 Å². The zero-order valence-corrected chi connectivity index (χ0v) is 12.5. The molecule has 0 bridgehead atoms. The molecule has 0 fully saturated rings. The van der Waals surface area contributed by atoms with Gasteiger partial charge < -0.3 is 0 Å². The lowest BCUT2D eigenvalue weighted by Gasteiger charge is -1.69. The summed E-state index contributed by atoms with van der Waals surface area (Å²) >= 11 is 0. The molecule has 2 rings (SSSR count). The monoisotopic (exact) mass is 286 g/mol. The average molecular weight is 286 g/mol. The Morgan fingerprint density at radius 3 is 0.667 bits per heavy atom. The first-order valence-electron chi connectivity index (χ1n) is 6.32. The molecule has 0 spiro atoms. The van der Waals surface area contributed by atoms with Gasteiger partial charge in [0.25, 0.3) is 0 Å². The summed E-state index contributed by atoms with van der Waals surface area (Å²) in [4.78, 5) is 16.7. The number of isocyanates is 2. The van der Waals surface area contributed by atoms with Crippen molar-refractivity contribution in [1.29, 1.82) is 10.8 Å². The Balaban J connectivity index is -0.000000204. The molecule has 112 valence electrons. The molecule has 4 heteroatoms. The molecule has 0 saturated carbocycles. The highest BCUT2D eigenvalue weighted by atomic mass is 16.1. The van der Waals surface area contributed by atoms with E-state index in [2.05, 4.69) is 13.8 Å². The molecular weight excluding hydrogens is 264 g/mol. The molecule has 21 heavy (non-hydrogen) atoms. The second kappa shape index (κ2) is 30.3. The SMILES string of the molecule is CCC.N=C=O.N=C=O.c1ccccc1.c1ccccc1. The number of hydrogen-bond donors (Lipinski definition) is 2. The molecule has 0 unspecified atom stereocenters. The minimum Gasteiger partial charge on any atom is -0.222 e. The molecule has 0 aliphatic rings. The van der Waals surface area contributed by atoms with Crippen LogP contribution in [-0.4, -0.2) is 12.2 Å². The van der Waals surface area contributed by atoms with Crippen LogP contribution in [0.15, 0.2) is 72.8 Å². The predicted molar refractivity (Wildman–Crippen MR) is 85.7 cm³/mol. The van der Waals surface area contributed by atoms with Crippen molar-refractivity contribution in [2.45, 2.75) is 20.3 Å². The molecule has 2 aromatic carbocycles. The van der Waals surface area contributed by atoms with E-state index in [1.165, 1.54) is 6.42 Å². The van der Waals surface area contributed by atoms with Gasteiger partial charge in [-0.15, -0.1) is 0 Å². The van der Waals surface area contributed by atoms with E-state index in [0.29, 0.717) is 0 Å². The molecule has 0 amide bonds. The van der Waals surface area contributed by atoms with Crippen LogP contribution in [0.25, 0.3) is 0 Å². The van der Waals surface area contributed by atoms with E-state index in [1.54, 1.807) is 0 Å². The van der Waals surface area contributed by atoms with Crippen LogP contribution in [0.1, 0.15) is 20.3 Å². The maximum Gasteiger partial charge on any atom is 0.231 e. The topological polar surface area (TPSA) is 81.8 Å². The van der Waals surface area contributed by atoms with Crippen LogP contribution in [0.3, 0.4) is 0 Å². The standard InChI is InChI=1S/2C6H6.C3H8.2CHNO/c2*1-2-4-6-5-3-1;1-3-2;2*2-1-3/h2*1-6H;3H2,1-2H3;2*2H. The van der Waals surface area contributed by atoms with Gasteiger partial charge in [0, 0.05) is 0 Å². The van der Waals surface area contributed by atoms with Gasteiger partial charge in [0.2, 0.25) is 12.2 Å². The van der Waals surface area contributed by atoms with Crippen molar-refractivity contribution in [3.05, 3.63) is 72.8 Å². The van der Waals surface area contributed by atoms with E-state index in [-0.39, 0.29) is 0 Å². The fraction of sp³-hybridized carbons (Fsp3) is 0.176. The lowest BCUT2D eigenvalue weighted by Crippen LogP contribution is -1.47. The summed E-state index contributed by atoms with van der Waals surface area (Å²) < 4.78 is 0. The van der Waals surface area contributed by atoms with Gasteiger partial charge in [-0.1, -0.05) is 93.1 Å². The number of carbonyl (C=O) groups excluding carboxylic acids is 2. The quantitative estimate of drug-likeness (QED) is 0.548. The van der Waals surface area contributed by atoms with E-state index in [9.17, 15) is 0 Å². The van der Waals surface area contributed by atoms with Gasteiger partial charge in [0.15, 0.2) is 0 Å². The molecule has 0 radical (unpaired) electrons. The lowest BCUT2D eigenvalue weighted by molar-refractivity contribution is 0.562. The lowest BCUT2D eigenvalue weighted by atomic mass is 10.4. The fourth-order valence-corrected chi connectivity index (χ4v) is 0.770. The highest BCUT2D eigenvalue weighted by molar-refractivity contribution is 5.26. The Kier molecular flexibility index (Phi) is 33.7. The van der Waals surface area contributed by atoms with Crippen LogP contribution < -0.4 is 0 Å². The Hall–Kier alpha value is -2.80. The second-order valence-electron chi connectivity index (χ2n) is 3.22. The molecule has 0 aliphatic heterocycles. The van der Waals surface area contributed by atoms with Crippen molar-refractivity contribution in [1.82, 2.24) is 0 Å². The summed E-state index contributed by atoms with van der Waals surface area (Å²) in [6.07, 6.45) is 2.75. The summed E-state index contributed by atoms with van der Waals surface area (Å²) in [5, 5.41) is 10.8. The summed E-state index contributed by atoms with van der Waals surface area (Å²) in [6, 6.07) is 24.0. The molecule has 2 aromatic rings. The summed E-state index contributed by atoms with van der Waals surface area (Å²) in [5.74, 6) is 0. The summed E-state index contributed by atoms with van der Waals surface area (Å²) in [5.41, 5.74) is 0. The maximum atomic E-state index is 8.35. The first kappa shape index (κ1) is 23.3. The van der Waals surface area contributed by atoms with E-state index < -0.39 is 0 Å². The number of benzene rings is 2. The Bertz CT molecular complexity index is 336. The van der Waals surface area contributed by atoms with E-state index in [4.69, 9.17) is 20.4 Å². The van der Waals surface area contributed by atoms with Crippen LogP contribution >= 0.6 is 0 Å². The van der Waals surface area contributed by atoms with Crippen molar-refractivity contribution in [2.75, 3.05) is 0 Å². The highest BCUT2D eigenvalue weighted by Crippen LogP contribution is 1.80. The largest absolute Gasteiger partial charge is 0.231 e.